The average molecular weight is 1260 g/mol. The maximum absolute atomic E-state index is 10.2. The van der Waals surface area contributed by atoms with Crippen LogP contribution in [0.1, 0.15) is 39.1 Å². The molecular formula is C71H70N18O5. The van der Waals surface area contributed by atoms with Crippen molar-refractivity contribution in [1.29, 1.82) is 0 Å². The van der Waals surface area contributed by atoms with Gasteiger partial charge in [-0.1, -0.05) is 115 Å². The monoisotopic (exact) mass is 1250 g/mol. The van der Waals surface area contributed by atoms with E-state index >= 15 is 0 Å². The molecule has 5 aromatic carbocycles. The molecule has 0 spiro atoms. The lowest BCUT2D eigenvalue weighted by molar-refractivity contribution is 0.0406. The number of phenols is 1. The summed E-state index contributed by atoms with van der Waals surface area (Å²) in [7, 11) is 0. The molecule has 474 valence electrons. The van der Waals surface area contributed by atoms with Crippen LogP contribution in [0.3, 0.4) is 0 Å². The van der Waals surface area contributed by atoms with Gasteiger partial charge >= 0.3 is 6.01 Å². The fraction of sp³-hybridized carbons (Fsp3) is 0.239. The number of aromatic hydroxyl groups is 1. The van der Waals surface area contributed by atoms with Crippen molar-refractivity contribution in [2.75, 3.05) is 103 Å². The zero-order valence-electron chi connectivity index (χ0n) is 51.9. The van der Waals surface area contributed by atoms with Crippen molar-refractivity contribution in [2.45, 2.75) is 38.4 Å². The van der Waals surface area contributed by atoms with Crippen molar-refractivity contribution < 1.29 is 24.1 Å². The number of aromatic nitrogens is 9. The summed E-state index contributed by atoms with van der Waals surface area (Å²) in [4.78, 5) is 48.9. The second-order valence-electron chi connectivity index (χ2n) is 22.8. The lowest BCUT2D eigenvalue weighted by atomic mass is 10.0. The Hall–Kier alpha value is -11.1. The van der Waals surface area contributed by atoms with Crippen molar-refractivity contribution >= 4 is 53.6 Å². The molecule has 0 radical (unpaired) electrons. The van der Waals surface area contributed by atoms with Crippen molar-refractivity contribution in [2.24, 2.45) is 15.3 Å². The maximum atomic E-state index is 10.2. The summed E-state index contributed by atoms with van der Waals surface area (Å²) in [5.41, 5.74) is 19.8. The summed E-state index contributed by atoms with van der Waals surface area (Å²) in [5.74, 6) is 4.92. The number of hydrogen-bond acceptors (Lipinski definition) is 23. The topological polar surface area (TPSA) is 256 Å². The number of pyridine rings is 1. The quantitative estimate of drug-likeness (QED) is 0.0343. The number of hydrogen-bond donors (Lipinski definition) is 4. The van der Waals surface area contributed by atoms with Gasteiger partial charge in [0, 0.05) is 112 Å². The summed E-state index contributed by atoms with van der Waals surface area (Å²) in [5, 5.41) is 24.1. The lowest BCUT2D eigenvalue weighted by Gasteiger charge is -2.34. The lowest BCUT2D eigenvalue weighted by Crippen LogP contribution is -2.44. The molecule has 8 heterocycles. The van der Waals surface area contributed by atoms with Crippen LogP contribution in [0.15, 0.2) is 198 Å². The third-order valence-electron chi connectivity index (χ3n) is 15.8. The summed E-state index contributed by atoms with van der Waals surface area (Å²) < 4.78 is 24.6. The van der Waals surface area contributed by atoms with E-state index in [2.05, 4.69) is 111 Å². The van der Waals surface area contributed by atoms with Gasteiger partial charge in [0.15, 0.2) is 29.1 Å². The molecule has 3 saturated heterocycles. The molecule has 13 rings (SSSR count). The van der Waals surface area contributed by atoms with E-state index in [0.717, 1.165) is 67.5 Å². The van der Waals surface area contributed by atoms with Gasteiger partial charge in [-0.2, -0.15) is 25.3 Å². The Bertz CT molecular complexity index is 4270. The first kappa shape index (κ1) is 61.7. The smallest absolute Gasteiger partial charge is 0.320 e. The highest BCUT2D eigenvalue weighted by atomic mass is 16.5. The van der Waals surface area contributed by atoms with Crippen LogP contribution in [-0.4, -0.2) is 153 Å². The molecular weight excluding hydrogens is 1180 g/mol. The Morgan fingerprint density at radius 1 is 0.521 bits per heavy atom. The minimum atomic E-state index is -0.146. The van der Waals surface area contributed by atoms with Crippen LogP contribution in [0.25, 0.3) is 34.0 Å². The SMILES string of the molecule is Cc1cccc(/C=N/Nc2cc(N3CCOC(Cc4cccc(/C=N/Nc5cc(N6CCOC(Cc7cccc(/C=N/Nc8cc(N9CCOCC9)nc(-c9cccc(O)c9)n8)c7)C6)nc(OCCc6ccncn6)n5)c4)C3)nc(-c3cccc(-c4ccccn4)c3)n2)c1. The Balaban J connectivity index is 0.668. The maximum Gasteiger partial charge on any atom is 0.320 e. The molecule has 2 atom stereocenters. The molecule has 94 heavy (non-hydrogen) atoms. The van der Waals surface area contributed by atoms with E-state index in [-0.39, 0.29) is 24.0 Å². The van der Waals surface area contributed by atoms with Crippen molar-refractivity contribution in [3.8, 4) is 45.8 Å². The zero-order chi connectivity index (χ0) is 63.7. The first-order valence-corrected chi connectivity index (χ1v) is 31.3. The van der Waals surface area contributed by atoms with Crippen LogP contribution in [-0.2, 0) is 33.5 Å². The minimum absolute atomic E-state index is 0.124. The van der Waals surface area contributed by atoms with Gasteiger partial charge in [-0.25, -0.2) is 29.9 Å². The van der Waals surface area contributed by atoms with Gasteiger partial charge in [-0.05, 0) is 71.1 Å². The molecule has 2 unspecified atom stereocenters. The number of hydrazone groups is 3. The number of benzene rings is 5. The second-order valence-corrected chi connectivity index (χ2v) is 22.8. The molecule has 23 nitrogen and oxygen atoms in total. The van der Waals surface area contributed by atoms with E-state index < -0.39 is 0 Å². The molecule has 5 aromatic heterocycles. The summed E-state index contributed by atoms with van der Waals surface area (Å²) in [6.07, 6.45) is 12.0. The molecule has 23 heteroatoms. The normalized spacial score (nSPS) is 16.0. The minimum Gasteiger partial charge on any atom is -0.508 e. The van der Waals surface area contributed by atoms with E-state index in [1.54, 1.807) is 49.2 Å². The fourth-order valence-corrected chi connectivity index (χ4v) is 11.3. The molecule has 3 aliphatic heterocycles. The van der Waals surface area contributed by atoms with Crippen LogP contribution in [0.2, 0.25) is 0 Å². The van der Waals surface area contributed by atoms with Gasteiger partial charge in [-0.3, -0.25) is 21.3 Å². The molecule has 0 saturated carbocycles. The van der Waals surface area contributed by atoms with Crippen molar-refractivity contribution in [1.82, 2.24) is 44.9 Å². The Labute approximate surface area is 544 Å². The van der Waals surface area contributed by atoms with Crippen LogP contribution < -0.4 is 35.7 Å². The average Bonchev–Trinajstić information content (AvgIpc) is 1.07. The van der Waals surface area contributed by atoms with Crippen LogP contribution in [0.5, 0.6) is 11.8 Å². The summed E-state index contributed by atoms with van der Waals surface area (Å²) in [6, 6.07) is 53.4. The van der Waals surface area contributed by atoms with E-state index in [1.165, 1.54) is 6.33 Å². The van der Waals surface area contributed by atoms with Crippen molar-refractivity contribution in [3.05, 3.63) is 222 Å². The Kier molecular flexibility index (Phi) is 19.9. The van der Waals surface area contributed by atoms with Gasteiger partial charge in [0.05, 0.1) is 69.6 Å². The predicted octanol–water partition coefficient (Wildman–Crippen LogP) is 9.95. The van der Waals surface area contributed by atoms with E-state index in [4.69, 9.17) is 48.9 Å². The van der Waals surface area contributed by atoms with E-state index in [1.807, 2.05) is 103 Å². The molecule has 0 amide bonds. The molecule has 10 aromatic rings. The number of morpholine rings is 3. The first-order valence-electron chi connectivity index (χ1n) is 31.3. The number of anilines is 6. The number of nitrogens with one attached hydrogen (secondary N) is 3. The zero-order valence-corrected chi connectivity index (χ0v) is 51.9. The molecule has 3 fully saturated rings. The van der Waals surface area contributed by atoms with Gasteiger partial charge in [0.2, 0.25) is 0 Å². The van der Waals surface area contributed by atoms with Gasteiger partial charge in [0.25, 0.3) is 0 Å². The van der Waals surface area contributed by atoms with Crippen LogP contribution in [0, 0.1) is 6.92 Å². The van der Waals surface area contributed by atoms with E-state index in [9.17, 15) is 5.11 Å². The van der Waals surface area contributed by atoms with Gasteiger partial charge < -0.3 is 38.8 Å². The predicted molar refractivity (Wildman–Crippen MR) is 365 cm³/mol. The first-order chi connectivity index (χ1) is 46.3. The third kappa shape index (κ3) is 16.9. The summed E-state index contributed by atoms with van der Waals surface area (Å²) >= 11 is 0. The van der Waals surface area contributed by atoms with Crippen molar-refractivity contribution in [3.63, 3.8) is 0 Å². The highest BCUT2D eigenvalue weighted by molar-refractivity contribution is 5.82. The third-order valence-corrected chi connectivity index (χ3v) is 15.8. The largest absolute Gasteiger partial charge is 0.508 e. The molecule has 4 N–H and O–H groups in total. The summed E-state index contributed by atoms with van der Waals surface area (Å²) in [6.45, 7) is 8.44. The highest BCUT2D eigenvalue weighted by Crippen LogP contribution is 2.30. The van der Waals surface area contributed by atoms with Crippen LogP contribution in [0.4, 0.5) is 34.9 Å². The molecule has 0 bridgehead atoms. The number of nitrogens with zero attached hydrogens (tertiary/aromatic N) is 15. The Morgan fingerprint density at radius 2 is 1.09 bits per heavy atom. The second kappa shape index (κ2) is 30.3. The number of aryl methyl sites for hydroxylation is 1. The number of ether oxygens (including phenoxy) is 4. The van der Waals surface area contributed by atoms with Crippen LogP contribution >= 0.6 is 0 Å². The molecule has 0 aliphatic carbocycles. The number of phenolic OH excluding ortho intramolecular Hbond substituents is 1. The standard InChI is InChI=1S/C71H70N18O5/c1-49-9-4-12-52(33-49)43-75-85-64-41-67(82-69(78-64)56-16-7-15-55(38-56)62-19-2-3-22-73-62)88-26-31-92-60(46-88)36-50-10-6-14-54(35-50)45-77-86-65-42-68(83-71(80-65)94-28-21-58-20-23-72-48-74-58)89-27-32-93-61(47-89)37-51-11-5-13-53(34-51)44-76-84-63-40-66(87-24-29-91-30-25-87)81-70(79-63)57-17-8-18-59(90)39-57/h2-20,22-23,33-35,38-45,48,60-61,90H,21,24-32,36-37,46-47H2,1H3,(H,78,82,85)(H,79,81,84)(H,80,83,86)/b75-43+,76-44+,77-45+. The highest BCUT2D eigenvalue weighted by Gasteiger charge is 2.26. The van der Waals surface area contributed by atoms with E-state index in [0.29, 0.717) is 132 Å². The van der Waals surface area contributed by atoms with Gasteiger partial charge in [0.1, 0.15) is 29.5 Å². The molecule has 3 aliphatic rings. The fourth-order valence-electron chi connectivity index (χ4n) is 11.3. The Morgan fingerprint density at radius 3 is 1.69 bits per heavy atom. The number of rotatable bonds is 23. The van der Waals surface area contributed by atoms with Gasteiger partial charge in [-0.15, -0.1) is 0 Å².